The Bertz CT molecular complexity index is 617. The molecule has 1 saturated heterocycles. The summed E-state index contributed by atoms with van der Waals surface area (Å²) in [7, 11) is 0. The standard InChI is InChI=1S/C19H26F3N3O/c20-19(21,22)15-6-4-13(5-7-15)11-25-9-8-16(12-25)24-18(26)10-14-2-1-3-17(14)23/h4-7,14,16-17H,1-3,8-12,23H2,(H,24,26)/t14-,16?,17+/m0/s1. The van der Waals surface area contributed by atoms with E-state index in [1.54, 1.807) is 0 Å². The normalized spacial score (nSPS) is 27.0. The van der Waals surface area contributed by atoms with Crippen molar-refractivity contribution in [2.75, 3.05) is 13.1 Å². The molecule has 1 aromatic carbocycles. The molecule has 0 spiro atoms. The Morgan fingerprint density at radius 1 is 1.19 bits per heavy atom. The predicted molar refractivity (Wildman–Crippen MR) is 93.2 cm³/mol. The summed E-state index contributed by atoms with van der Waals surface area (Å²) in [5.41, 5.74) is 6.24. The zero-order valence-corrected chi connectivity index (χ0v) is 14.8. The summed E-state index contributed by atoms with van der Waals surface area (Å²) in [5.74, 6) is 0.355. The smallest absolute Gasteiger partial charge is 0.352 e. The molecule has 1 saturated carbocycles. The molecule has 2 fully saturated rings. The zero-order chi connectivity index (χ0) is 18.7. The van der Waals surface area contributed by atoms with Crippen LogP contribution in [0.1, 0.15) is 43.2 Å². The SMILES string of the molecule is N[C@@H]1CCC[C@H]1CC(=O)NC1CCN(Cc2ccc(C(F)(F)F)cc2)C1. The average molecular weight is 369 g/mol. The Morgan fingerprint density at radius 3 is 2.54 bits per heavy atom. The third-order valence-electron chi connectivity index (χ3n) is 5.49. The van der Waals surface area contributed by atoms with Crippen LogP contribution in [0.25, 0.3) is 0 Å². The summed E-state index contributed by atoms with van der Waals surface area (Å²) in [6, 6.07) is 5.53. The van der Waals surface area contributed by atoms with Gasteiger partial charge in [0.05, 0.1) is 5.56 Å². The Hall–Kier alpha value is -1.60. The van der Waals surface area contributed by atoms with E-state index < -0.39 is 11.7 Å². The molecule has 0 radical (unpaired) electrons. The van der Waals surface area contributed by atoms with Crippen LogP contribution < -0.4 is 11.1 Å². The molecule has 1 amide bonds. The quantitative estimate of drug-likeness (QED) is 0.839. The number of nitrogens with zero attached hydrogens (tertiary/aromatic N) is 1. The summed E-state index contributed by atoms with van der Waals surface area (Å²) in [6.45, 7) is 2.15. The van der Waals surface area contributed by atoms with Crippen LogP contribution in [-0.4, -0.2) is 36.0 Å². The van der Waals surface area contributed by atoms with Crippen LogP contribution in [0.2, 0.25) is 0 Å². The van der Waals surface area contributed by atoms with Crippen LogP contribution in [0, 0.1) is 5.92 Å². The average Bonchev–Trinajstić information content (AvgIpc) is 3.16. The van der Waals surface area contributed by atoms with Gasteiger partial charge in [-0.3, -0.25) is 9.69 Å². The minimum Gasteiger partial charge on any atom is -0.352 e. The molecule has 0 aromatic heterocycles. The third-order valence-corrected chi connectivity index (χ3v) is 5.49. The number of halogens is 3. The first-order valence-electron chi connectivity index (χ1n) is 9.24. The lowest BCUT2D eigenvalue weighted by Gasteiger charge is -2.19. The zero-order valence-electron chi connectivity index (χ0n) is 14.8. The lowest BCUT2D eigenvalue weighted by atomic mass is 9.99. The largest absolute Gasteiger partial charge is 0.416 e. The highest BCUT2D eigenvalue weighted by Gasteiger charge is 2.31. The second-order valence-electron chi connectivity index (χ2n) is 7.54. The van der Waals surface area contributed by atoms with Crippen LogP contribution in [0.5, 0.6) is 0 Å². The van der Waals surface area contributed by atoms with Crippen LogP contribution in [0.3, 0.4) is 0 Å². The van der Waals surface area contributed by atoms with Crippen LogP contribution in [0.15, 0.2) is 24.3 Å². The minimum absolute atomic E-state index is 0.0636. The van der Waals surface area contributed by atoms with Gasteiger partial charge in [-0.25, -0.2) is 0 Å². The number of nitrogens with two attached hydrogens (primary N) is 1. The van der Waals surface area contributed by atoms with Gasteiger partial charge in [0.1, 0.15) is 0 Å². The van der Waals surface area contributed by atoms with Gasteiger partial charge in [0.15, 0.2) is 0 Å². The fourth-order valence-electron chi connectivity index (χ4n) is 4.00. The Balaban J connectivity index is 1.44. The summed E-state index contributed by atoms with van der Waals surface area (Å²) < 4.78 is 37.8. The van der Waals surface area contributed by atoms with Crippen molar-refractivity contribution in [3.05, 3.63) is 35.4 Å². The van der Waals surface area contributed by atoms with Crippen molar-refractivity contribution in [2.45, 2.75) is 56.9 Å². The number of rotatable bonds is 5. The molecule has 3 atom stereocenters. The number of hydrogen-bond donors (Lipinski definition) is 2. The molecule has 0 bridgehead atoms. The molecule has 2 aliphatic rings. The molecule has 4 nitrogen and oxygen atoms in total. The number of carbonyl (C=O) groups is 1. The number of likely N-dealkylation sites (tertiary alicyclic amines) is 1. The van der Waals surface area contributed by atoms with Crippen molar-refractivity contribution >= 4 is 5.91 Å². The van der Waals surface area contributed by atoms with Crippen molar-refractivity contribution in [2.24, 2.45) is 11.7 Å². The van der Waals surface area contributed by atoms with Crippen LogP contribution in [-0.2, 0) is 17.5 Å². The molecule has 3 N–H and O–H groups in total. The van der Waals surface area contributed by atoms with E-state index in [9.17, 15) is 18.0 Å². The molecule has 1 unspecified atom stereocenters. The number of amides is 1. The maximum atomic E-state index is 12.6. The summed E-state index contributed by atoms with van der Waals surface area (Å²) in [6.07, 6.45) is 0.189. The lowest BCUT2D eigenvalue weighted by molar-refractivity contribution is -0.137. The van der Waals surface area contributed by atoms with Gasteiger partial charge < -0.3 is 11.1 Å². The van der Waals surface area contributed by atoms with Crippen LogP contribution >= 0.6 is 0 Å². The monoisotopic (exact) mass is 369 g/mol. The van der Waals surface area contributed by atoms with Gasteiger partial charge in [-0.05, 0) is 42.9 Å². The number of nitrogens with one attached hydrogen (secondary N) is 1. The highest BCUT2D eigenvalue weighted by atomic mass is 19.4. The van der Waals surface area contributed by atoms with E-state index in [-0.39, 0.29) is 18.0 Å². The van der Waals surface area contributed by atoms with E-state index in [0.29, 0.717) is 18.9 Å². The van der Waals surface area contributed by atoms with Crippen molar-refractivity contribution in [1.82, 2.24) is 10.2 Å². The maximum absolute atomic E-state index is 12.6. The summed E-state index contributed by atoms with van der Waals surface area (Å²) >= 11 is 0. The first kappa shape index (κ1) is 19.2. The van der Waals surface area contributed by atoms with Gasteiger partial charge >= 0.3 is 6.18 Å². The Labute approximate surface area is 151 Å². The number of carbonyl (C=O) groups excluding carboxylic acids is 1. The van der Waals surface area contributed by atoms with Crippen molar-refractivity contribution in [3.63, 3.8) is 0 Å². The third kappa shape index (κ3) is 4.98. The molecular formula is C19H26F3N3O. The van der Waals surface area contributed by atoms with E-state index in [4.69, 9.17) is 5.73 Å². The fourth-order valence-corrected chi connectivity index (χ4v) is 4.00. The van der Waals surface area contributed by atoms with Gasteiger partial charge in [-0.2, -0.15) is 13.2 Å². The van der Waals surface area contributed by atoms with Crippen molar-refractivity contribution < 1.29 is 18.0 Å². The number of alkyl halides is 3. The first-order valence-corrected chi connectivity index (χ1v) is 9.24. The molecule has 1 aliphatic heterocycles. The van der Waals surface area contributed by atoms with Crippen molar-refractivity contribution in [3.8, 4) is 0 Å². The topological polar surface area (TPSA) is 58.4 Å². The lowest BCUT2D eigenvalue weighted by Crippen LogP contribution is -2.39. The van der Waals surface area contributed by atoms with E-state index in [1.807, 2.05) is 0 Å². The minimum atomic E-state index is -4.30. The second-order valence-corrected chi connectivity index (χ2v) is 7.54. The molecule has 1 aliphatic carbocycles. The van der Waals surface area contributed by atoms with Crippen molar-refractivity contribution in [1.29, 1.82) is 0 Å². The molecular weight excluding hydrogens is 343 g/mol. The predicted octanol–water partition coefficient (Wildman–Crippen LogP) is 2.91. The molecule has 7 heteroatoms. The van der Waals surface area contributed by atoms with Crippen LogP contribution in [0.4, 0.5) is 13.2 Å². The van der Waals surface area contributed by atoms with Gasteiger partial charge in [0.25, 0.3) is 0 Å². The molecule has 1 heterocycles. The second kappa shape index (κ2) is 7.96. The van der Waals surface area contributed by atoms with Gasteiger partial charge in [-0.1, -0.05) is 18.6 Å². The first-order chi connectivity index (χ1) is 12.3. The fraction of sp³-hybridized carbons (Fsp3) is 0.632. The highest BCUT2D eigenvalue weighted by molar-refractivity contribution is 5.76. The van der Waals surface area contributed by atoms with E-state index >= 15 is 0 Å². The number of hydrogen-bond acceptors (Lipinski definition) is 3. The molecule has 144 valence electrons. The highest BCUT2D eigenvalue weighted by Crippen LogP contribution is 2.29. The molecule has 3 rings (SSSR count). The van der Waals surface area contributed by atoms with E-state index in [1.165, 1.54) is 12.1 Å². The maximum Gasteiger partial charge on any atom is 0.416 e. The summed E-state index contributed by atoms with van der Waals surface area (Å²) in [4.78, 5) is 14.4. The van der Waals surface area contributed by atoms with Gasteiger partial charge in [-0.15, -0.1) is 0 Å². The van der Waals surface area contributed by atoms with E-state index in [2.05, 4.69) is 10.2 Å². The Kier molecular flexibility index (Phi) is 5.87. The summed E-state index contributed by atoms with van der Waals surface area (Å²) in [5, 5.41) is 3.09. The number of benzene rings is 1. The molecule has 1 aromatic rings. The van der Waals surface area contributed by atoms with Gasteiger partial charge in [0, 0.05) is 38.1 Å². The van der Waals surface area contributed by atoms with E-state index in [0.717, 1.165) is 56.5 Å². The van der Waals surface area contributed by atoms with Gasteiger partial charge in [0.2, 0.25) is 5.91 Å². The Morgan fingerprint density at radius 2 is 1.92 bits per heavy atom. The molecule has 26 heavy (non-hydrogen) atoms.